The van der Waals surface area contributed by atoms with Crippen molar-refractivity contribution in [3.8, 4) is 0 Å². The topological polar surface area (TPSA) is 60.5 Å². The van der Waals surface area contributed by atoms with Gasteiger partial charge in [-0.05, 0) is 24.3 Å². The number of carbonyl (C=O) groups is 1. The van der Waals surface area contributed by atoms with Crippen LogP contribution in [0.3, 0.4) is 0 Å². The lowest BCUT2D eigenvalue weighted by atomic mass is 10.2. The minimum Gasteiger partial charge on any atom is -0.346 e. The zero-order valence-corrected chi connectivity index (χ0v) is 11.8. The number of rotatable bonds is 3. The second-order valence-electron chi connectivity index (χ2n) is 4.52. The number of ether oxygens (including phenoxy) is 2. The van der Waals surface area contributed by atoms with E-state index in [1.807, 2.05) is 18.2 Å². The Labute approximate surface area is 126 Å². The molecule has 108 valence electrons. The van der Waals surface area contributed by atoms with Gasteiger partial charge in [-0.3, -0.25) is 4.79 Å². The average molecular weight is 305 g/mol. The highest BCUT2D eigenvalue weighted by atomic mass is 35.5. The van der Waals surface area contributed by atoms with E-state index >= 15 is 0 Å². The Bertz CT molecular complexity index is 657. The Morgan fingerprint density at radius 2 is 2.05 bits per heavy atom. The predicted octanol–water partition coefficient (Wildman–Crippen LogP) is 3.03. The summed E-state index contributed by atoms with van der Waals surface area (Å²) in [5, 5.41) is 3.09. The number of nitrogens with zero attached hydrogens (tertiary/aromatic N) is 1. The highest BCUT2D eigenvalue weighted by Gasteiger charge is 2.18. The number of anilines is 1. The molecule has 1 fully saturated rings. The van der Waals surface area contributed by atoms with Crippen LogP contribution < -0.4 is 5.32 Å². The van der Waals surface area contributed by atoms with E-state index in [0.29, 0.717) is 24.5 Å². The first kappa shape index (κ1) is 14.0. The van der Waals surface area contributed by atoms with E-state index in [-0.39, 0.29) is 17.4 Å². The van der Waals surface area contributed by atoms with Crippen LogP contribution in [-0.4, -0.2) is 24.1 Å². The van der Waals surface area contributed by atoms with Gasteiger partial charge in [-0.25, -0.2) is 4.98 Å². The van der Waals surface area contributed by atoms with Crippen molar-refractivity contribution in [3.63, 3.8) is 0 Å². The number of aromatic nitrogens is 1. The monoisotopic (exact) mass is 304 g/mol. The molecule has 1 N–H and O–H groups in total. The third kappa shape index (κ3) is 3.39. The lowest BCUT2D eigenvalue weighted by Gasteiger charge is -2.11. The van der Waals surface area contributed by atoms with Gasteiger partial charge in [0.15, 0.2) is 6.29 Å². The third-order valence-corrected chi connectivity index (χ3v) is 3.23. The first-order chi connectivity index (χ1) is 10.2. The lowest BCUT2D eigenvalue weighted by molar-refractivity contribution is -0.0440. The number of nitrogens with one attached hydrogen (secondary N) is 1. The van der Waals surface area contributed by atoms with E-state index in [1.54, 1.807) is 12.1 Å². The quantitative estimate of drug-likeness (QED) is 0.885. The molecule has 0 unspecified atom stereocenters. The molecule has 5 nitrogen and oxygen atoms in total. The van der Waals surface area contributed by atoms with Crippen molar-refractivity contribution in [2.45, 2.75) is 6.29 Å². The van der Waals surface area contributed by atoms with E-state index < -0.39 is 0 Å². The fourth-order valence-electron chi connectivity index (χ4n) is 2.06. The number of carbonyl (C=O) groups excluding carboxylic acids is 1. The summed E-state index contributed by atoms with van der Waals surface area (Å²) in [5.41, 5.74) is 2.00. The van der Waals surface area contributed by atoms with Crippen LogP contribution in [0.25, 0.3) is 0 Å². The van der Waals surface area contributed by atoms with Crippen molar-refractivity contribution in [2.24, 2.45) is 0 Å². The molecule has 0 atom stereocenters. The average Bonchev–Trinajstić information content (AvgIpc) is 3.02. The molecule has 1 aromatic carbocycles. The predicted molar refractivity (Wildman–Crippen MR) is 78.3 cm³/mol. The molecule has 21 heavy (non-hydrogen) atoms. The summed E-state index contributed by atoms with van der Waals surface area (Å²) in [7, 11) is 0. The molecule has 2 aromatic rings. The minimum atomic E-state index is -0.364. The number of hydrogen-bond acceptors (Lipinski definition) is 4. The van der Waals surface area contributed by atoms with Gasteiger partial charge in [-0.1, -0.05) is 23.7 Å². The van der Waals surface area contributed by atoms with Crippen molar-refractivity contribution < 1.29 is 14.3 Å². The van der Waals surface area contributed by atoms with E-state index in [9.17, 15) is 4.79 Å². The van der Waals surface area contributed by atoms with Crippen LogP contribution in [0.2, 0.25) is 5.15 Å². The standard InChI is InChI=1S/C15H13ClN2O3/c16-13-9-10(4-5-17-13)14(19)18-12-3-1-2-11(8-12)15-20-6-7-21-15/h1-5,8-9,15H,6-7H2,(H,18,19). The Balaban J connectivity index is 1.75. The molecule has 1 amide bonds. The van der Waals surface area contributed by atoms with Crippen molar-refractivity contribution >= 4 is 23.2 Å². The molecule has 6 heteroatoms. The first-order valence-corrected chi connectivity index (χ1v) is 6.86. The number of pyridine rings is 1. The normalized spacial score (nSPS) is 15.1. The van der Waals surface area contributed by atoms with E-state index in [1.165, 1.54) is 12.3 Å². The molecule has 0 bridgehead atoms. The Kier molecular flexibility index (Phi) is 4.15. The Morgan fingerprint density at radius 1 is 1.24 bits per heavy atom. The van der Waals surface area contributed by atoms with Gasteiger partial charge in [-0.2, -0.15) is 0 Å². The largest absolute Gasteiger partial charge is 0.346 e. The van der Waals surface area contributed by atoms with Gasteiger partial charge >= 0.3 is 0 Å². The summed E-state index contributed by atoms with van der Waals surface area (Å²) in [4.78, 5) is 16.0. The number of amides is 1. The molecule has 1 aliphatic heterocycles. The molecule has 0 radical (unpaired) electrons. The van der Waals surface area contributed by atoms with Crippen LogP contribution in [0.5, 0.6) is 0 Å². The maximum Gasteiger partial charge on any atom is 0.255 e. The SMILES string of the molecule is O=C(Nc1cccc(C2OCCO2)c1)c1ccnc(Cl)c1. The molecule has 1 aromatic heterocycles. The second-order valence-corrected chi connectivity index (χ2v) is 4.91. The maximum atomic E-state index is 12.1. The fraction of sp³-hybridized carbons (Fsp3) is 0.200. The molecular formula is C15H13ClN2O3. The summed E-state index contributed by atoms with van der Waals surface area (Å²) in [6.07, 6.45) is 1.13. The Hall–Kier alpha value is -1.95. The zero-order chi connectivity index (χ0) is 14.7. The van der Waals surface area contributed by atoms with Gasteiger partial charge in [0.05, 0.1) is 13.2 Å². The van der Waals surface area contributed by atoms with Crippen molar-refractivity contribution in [3.05, 3.63) is 58.9 Å². The summed E-state index contributed by atoms with van der Waals surface area (Å²) in [6, 6.07) is 10.5. The van der Waals surface area contributed by atoms with E-state index in [0.717, 1.165) is 5.56 Å². The van der Waals surface area contributed by atoms with Crippen LogP contribution in [-0.2, 0) is 9.47 Å². The minimum absolute atomic E-state index is 0.246. The van der Waals surface area contributed by atoms with Crippen molar-refractivity contribution in [1.29, 1.82) is 0 Å². The number of benzene rings is 1. The van der Waals surface area contributed by atoms with Crippen LogP contribution >= 0.6 is 11.6 Å². The van der Waals surface area contributed by atoms with Gasteiger partial charge in [0.25, 0.3) is 5.91 Å². The fourth-order valence-corrected chi connectivity index (χ4v) is 2.23. The summed E-state index contributed by atoms with van der Waals surface area (Å²) in [5.74, 6) is -0.246. The highest BCUT2D eigenvalue weighted by molar-refractivity contribution is 6.29. The first-order valence-electron chi connectivity index (χ1n) is 6.48. The molecule has 0 aliphatic carbocycles. The highest BCUT2D eigenvalue weighted by Crippen LogP contribution is 2.25. The molecular weight excluding hydrogens is 292 g/mol. The van der Waals surface area contributed by atoms with Crippen molar-refractivity contribution in [1.82, 2.24) is 4.98 Å². The summed E-state index contributed by atoms with van der Waals surface area (Å²) >= 11 is 5.78. The third-order valence-electron chi connectivity index (χ3n) is 3.03. The molecule has 0 saturated carbocycles. The van der Waals surface area contributed by atoms with E-state index in [4.69, 9.17) is 21.1 Å². The van der Waals surface area contributed by atoms with Gasteiger partial charge in [0.2, 0.25) is 0 Å². The van der Waals surface area contributed by atoms with Crippen molar-refractivity contribution in [2.75, 3.05) is 18.5 Å². The van der Waals surface area contributed by atoms with Crippen LogP contribution in [0.1, 0.15) is 22.2 Å². The summed E-state index contributed by atoms with van der Waals surface area (Å²) < 4.78 is 10.9. The molecule has 3 rings (SSSR count). The van der Waals surface area contributed by atoms with Gasteiger partial charge in [-0.15, -0.1) is 0 Å². The zero-order valence-electron chi connectivity index (χ0n) is 11.1. The number of hydrogen-bond donors (Lipinski definition) is 1. The lowest BCUT2D eigenvalue weighted by Crippen LogP contribution is -2.12. The Morgan fingerprint density at radius 3 is 2.81 bits per heavy atom. The van der Waals surface area contributed by atoms with Crippen LogP contribution in [0.15, 0.2) is 42.6 Å². The molecule has 2 heterocycles. The maximum absolute atomic E-state index is 12.1. The second kappa shape index (κ2) is 6.22. The van der Waals surface area contributed by atoms with Gasteiger partial charge < -0.3 is 14.8 Å². The molecule has 0 spiro atoms. The molecule has 1 aliphatic rings. The number of halogens is 1. The van der Waals surface area contributed by atoms with Gasteiger partial charge in [0, 0.05) is 23.0 Å². The summed E-state index contributed by atoms with van der Waals surface area (Å²) in [6.45, 7) is 1.16. The van der Waals surface area contributed by atoms with Crippen LogP contribution in [0.4, 0.5) is 5.69 Å². The van der Waals surface area contributed by atoms with Gasteiger partial charge in [0.1, 0.15) is 5.15 Å². The van der Waals surface area contributed by atoms with Crippen LogP contribution in [0, 0.1) is 0 Å². The van der Waals surface area contributed by atoms with E-state index in [2.05, 4.69) is 10.3 Å². The molecule has 1 saturated heterocycles. The smallest absolute Gasteiger partial charge is 0.255 e.